The highest BCUT2D eigenvalue weighted by Gasteiger charge is 2.48. The number of hydrogen-bond donors (Lipinski definition) is 2. The topological polar surface area (TPSA) is 47.3 Å². The van der Waals surface area contributed by atoms with Gasteiger partial charge in [-0.15, -0.1) is 0 Å². The Kier molecular flexibility index (Phi) is 4.24. The Morgan fingerprint density at radius 2 is 1.95 bits per heavy atom. The Morgan fingerprint density at radius 1 is 1.30 bits per heavy atom. The van der Waals surface area contributed by atoms with E-state index in [1.165, 1.54) is 11.1 Å². The Bertz CT molecular complexity index is 468. The van der Waals surface area contributed by atoms with E-state index in [-0.39, 0.29) is 17.2 Å². The Morgan fingerprint density at radius 3 is 2.45 bits per heavy atom. The van der Waals surface area contributed by atoms with Crippen LogP contribution in [0.25, 0.3) is 0 Å². The molecule has 1 aromatic rings. The van der Waals surface area contributed by atoms with E-state index in [9.17, 15) is 0 Å². The third-order valence-electron chi connectivity index (χ3n) is 4.54. The smallest absolute Gasteiger partial charge is 0.0678 e. The van der Waals surface area contributed by atoms with Gasteiger partial charge in [0.05, 0.1) is 11.2 Å². The average molecular weight is 276 g/mol. The van der Waals surface area contributed by atoms with Crippen molar-refractivity contribution in [3.63, 3.8) is 0 Å². The summed E-state index contributed by atoms with van der Waals surface area (Å²) < 4.78 is 6.20. The fourth-order valence-electron chi connectivity index (χ4n) is 3.62. The van der Waals surface area contributed by atoms with E-state index in [4.69, 9.17) is 10.6 Å². The fraction of sp³-hybridized carbons (Fsp3) is 0.647. The maximum Gasteiger partial charge on any atom is 0.0678 e. The van der Waals surface area contributed by atoms with Gasteiger partial charge in [0.25, 0.3) is 0 Å². The molecule has 3 N–H and O–H groups in total. The van der Waals surface area contributed by atoms with E-state index in [0.29, 0.717) is 5.92 Å². The molecular formula is C17H28N2O. The molecule has 20 heavy (non-hydrogen) atoms. The highest BCUT2D eigenvalue weighted by molar-refractivity contribution is 5.26. The van der Waals surface area contributed by atoms with E-state index in [1.807, 2.05) is 0 Å². The van der Waals surface area contributed by atoms with Crippen molar-refractivity contribution in [1.82, 2.24) is 5.43 Å². The lowest BCUT2D eigenvalue weighted by molar-refractivity contribution is -0.0776. The van der Waals surface area contributed by atoms with Crippen LogP contribution in [-0.4, -0.2) is 17.2 Å². The monoisotopic (exact) mass is 276 g/mol. The molecule has 1 fully saturated rings. The van der Waals surface area contributed by atoms with Crippen LogP contribution in [0.1, 0.15) is 45.2 Å². The van der Waals surface area contributed by atoms with Crippen LogP contribution in [0, 0.1) is 12.8 Å². The molecule has 0 aromatic heterocycles. The van der Waals surface area contributed by atoms with Crippen LogP contribution in [0.2, 0.25) is 0 Å². The first kappa shape index (κ1) is 15.5. The van der Waals surface area contributed by atoms with E-state index in [1.54, 1.807) is 0 Å². The molecule has 1 aromatic carbocycles. The van der Waals surface area contributed by atoms with Crippen LogP contribution in [0.15, 0.2) is 24.3 Å². The second-order valence-electron chi connectivity index (χ2n) is 7.18. The molecule has 1 heterocycles. The molecule has 3 nitrogen and oxygen atoms in total. The maximum atomic E-state index is 6.20. The molecule has 112 valence electrons. The minimum Gasteiger partial charge on any atom is -0.369 e. The fourth-order valence-corrected chi connectivity index (χ4v) is 3.62. The summed E-state index contributed by atoms with van der Waals surface area (Å²) >= 11 is 0. The normalized spacial score (nSPS) is 25.6. The summed E-state index contributed by atoms with van der Waals surface area (Å²) in [6.07, 6.45) is 1.97. The van der Waals surface area contributed by atoms with Crippen molar-refractivity contribution in [1.29, 1.82) is 0 Å². The highest BCUT2D eigenvalue weighted by Crippen LogP contribution is 2.44. The Labute approximate surface area is 122 Å². The second-order valence-corrected chi connectivity index (χ2v) is 7.18. The molecule has 1 aliphatic rings. The molecule has 0 radical (unpaired) electrons. The van der Waals surface area contributed by atoms with E-state index >= 15 is 0 Å². The minimum atomic E-state index is -0.150. The highest BCUT2D eigenvalue weighted by atomic mass is 16.5. The first-order chi connectivity index (χ1) is 9.25. The summed E-state index contributed by atoms with van der Waals surface area (Å²) in [4.78, 5) is 0. The first-order valence-corrected chi connectivity index (χ1v) is 7.46. The second kappa shape index (κ2) is 5.47. The number of nitrogens with one attached hydrogen (secondary N) is 1. The van der Waals surface area contributed by atoms with Crippen molar-refractivity contribution in [3.8, 4) is 0 Å². The van der Waals surface area contributed by atoms with Gasteiger partial charge in [-0.05, 0) is 58.6 Å². The molecule has 1 saturated heterocycles. The van der Waals surface area contributed by atoms with Crippen molar-refractivity contribution < 1.29 is 4.74 Å². The van der Waals surface area contributed by atoms with Gasteiger partial charge in [-0.3, -0.25) is 11.3 Å². The van der Waals surface area contributed by atoms with Gasteiger partial charge < -0.3 is 4.74 Å². The van der Waals surface area contributed by atoms with Crippen LogP contribution < -0.4 is 11.3 Å². The lowest BCUT2D eigenvalue weighted by Gasteiger charge is -2.33. The Hall–Kier alpha value is -0.900. The SMILES string of the molecule is Cc1ccccc1CC(NN)C1CC(C)(C)OC1(C)C. The molecule has 1 aliphatic heterocycles. The molecule has 2 rings (SSSR count). The average Bonchev–Trinajstić information content (AvgIpc) is 2.56. The first-order valence-electron chi connectivity index (χ1n) is 7.46. The molecule has 2 atom stereocenters. The van der Waals surface area contributed by atoms with Crippen molar-refractivity contribution in [3.05, 3.63) is 35.4 Å². The number of ether oxygens (including phenoxy) is 1. The van der Waals surface area contributed by atoms with Crippen LogP contribution in [-0.2, 0) is 11.2 Å². The van der Waals surface area contributed by atoms with Crippen molar-refractivity contribution >= 4 is 0 Å². The van der Waals surface area contributed by atoms with Crippen LogP contribution in [0.3, 0.4) is 0 Å². The Balaban J connectivity index is 2.19. The van der Waals surface area contributed by atoms with Crippen molar-refractivity contribution in [2.75, 3.05) is 0 Å². The number of nitrogens with two attached hydrogens (primary N) is 1. The van der Waals surface area contributed by atoms with Crippen LogP contribution in [0.5, 0.6) is 0 Å². The van der Waals surface area contributed by atoms with E-state index in [2.05, 4.69) is 64.3 Å². The number of rotatable bonds is 4. The summed E-state index contributed by atoms with van der Waals surface area (Å²) in [5.74, 6) is 6.26. The molecule has 0 saturated carbocycles. The van der Waals surface area contributed by atoms with Crippen molar-refractivity contribution in [2.24, 2.45) is 11.8 Å². The van der Waals surface area contributed by atoms with Gasteiger partial charge in [-0.1, -0.05) is 24.3 Å². The number of hydrogen-bond acceptors (Lipinski definition) is 3. The zero-order chi connectivity index (χ0) is 15.0. The molecule has 0 amide bonds. The third-order valence-corrected chi connectivity index (χ3v) is 4.54. The van der Waals surface area contributed by atoms with Crippen LogP contribution in [0.4, 0.5) is 0 Å². The number of hydrazine groups is 1. The summed E-state index contributed by atoms with van der Waals surface area (Å²) in [5, 5.41) is 0. The summed E-state index contributed by atoms with van der Waals surface area (Å²) in [6.45, 7) is 10.8. The van der Waals surface area contributed by atoms with Gasteiger partial charge in [0, 0.05) is 12.0 Å². The molecular weight excluding hydrogens is 248 g/mol. The summed E-state index contributed by atoms with van der Waals surface area (Å²) in [7, 11) is 0. The minimum absolute atomic E-state index is 0.0744. The quantitative estimate of drug-likeness (QED) is 0.656. The van der Waals surface area contributed by atoms with E-state index < -0.39 is 0 Å². The third kappa shape index (κ3) is 3.22. The van der Waals surface area contributed by atoms with E-state index in [0.717, 1.165) is 12.8 Å². The number of benzene rings is 1. The number of aryl methyl sites for hydroxylation is 1. The van der Waals surface area contributed by atoms with Gasteiger partial charge in [0.2, 0.25) is 0 Å². The predicted octanol–water partition coefficient (Wildman–Crippen LogP) is 2.96. The molecule has 2 unspecified atom stereocenters. The molecule has 3 heteroatoms. The van der Waals surface area contributed by atoms with Crippen LogP contribution >= 0.6 is 0 Å². The zero-order valence-electron chi connectivity index (χ0n) is 13.4. The van der Waals surface area contributed by atoms with Gasteiger partial charge in [0.15, 0.2) is 0 Å². The lowest BCUT2D eigenvalue weighted by Crippen LogP contribution is -2.48. The summed E-state index contributed by atoms with van der Waals surface area (Å²) in [6, 6.07) is 8.75. The maximum absolute atomic E-state index is 6.20. The predicted molar refractivity (Wildman–Crippen MR) is 83.3 cm³/mol. The van der Waals surface area contributed by atoms with Gasteiger partial charge in [-0.2, -0.15) is 0 Å². The zero-order valence-corrected chi connectivity index (χ0v) is 13.4. The van der Waals surface area contributed by atoms with Gasteiger partial charge in [-0.25, -0.2) is 0 Å². The van der Waals surface area contributed by atoms with Gasteiger partial charge >= 0.3 is 0 Å². The molecule has 0 bridgehead atoms. The molecule has 0 aliphatic carbocycles. The largest absolute Gasteiger partial charge is 0.369 e. The standard InChI is InChI=1S/C17H28N2O/c1-12-8-6-7-9-13(12)10-15(19-18)14-11-16(2,3)20-17(14,4)5/h6-9,14-15,19H,10-11,18H2,1-5H3. The lowest BCUT2D eigenvalue weighted by atomic mass is 9.79. The molecule has 0 spiro atoms. The summed E-state index contributed by atoms with van der Waals surface area (Å²) in [5.41, 5.74) is 5.49. The van der Waals surface area contributed by atoms with Gasteiger partial charge in [0.1, 0.15) is 0 Å². The van der Waals surface area contributed by atoms with Crippen molar-refractivity contribution in [2.45, 2.75) is 64.7 Å².